The molecule has 1 saturated heterocycles. The topological polar surface area (TPSA) is 72.5 Å². The van der Waals surface area contributed by atoms with Gasteiger partial charge in [-0.1, -0.05) is 18.2 Å². The van der Waals surface area contributed by atoms with Crippen LogP contribution < -0.4 is 9.80 Å². The fraction of sp³-hybridized carbons (Fsp3) is 0.346. The molecule has 2 aliphatic heterocycles. The molecule has 1 fully saturated rings. The number of hydrogen-bond acceptors (Lipinski definition) is 4. The number of nitrogens with zero attached hydrogens (tertiary/aromatic N) is 4. The zero-order valence-electron chi connectivity index (χ0n) is 19.1. The number of aromatic nitrogens is 2. The summed E-state index contributed by atoms with van der Waals surface area (Å²) in [5.41, 5.74) is 5.10. The van der Waals surface area contributed by atoms with E-state index in [1.807, 2.05) is 72.4 Å². The van der Waals surface area contributed by atoms with Crippen molar-refractivity contribution in [2.24, 2.45) is 0 Å². The first-order chi connectivity index (χ1) is 16.0. The van der Waals surface area contributed by atoms with Gasteiger partial charge in [0.15, 0.2) is 5.69 Å². The van der Waals surface area contributed by atoms with Gasteiger partial charge in [-0.15, -0.1) is 0 Å². The number of carbonyl (C=O) groups is 2. The van der Waals surface area contributed by atoms with Gasteiger partial charge in [-0.2, -0.15) is 5.10 Å². The molecule has 0 spiro atoms. The number of para-hydroxylation sites is 1. The van der Waals surface area contributed by atoms with E-state index in [0.717, 1.165) is 42.8 Å². The zero-order valence-corrected chi connectivity index (χ0v) is 19.1. The summed E-state index contributed by atoms with van der Waals surface area (Å²) in [7, 11) is 3.96. The maximum atomic E-state index is 13.4. The van der Waals surface area contributed by atoms with Crippen molar-refractivity contribution in [2.75, 3.05) is 37.0 Å². The van der Waals surface area contributed by atoms with Crippen molar-refractivity contribution in [3.63, 3.8) is 0 Å². The van der Waals surface area contributed by atoms with Gasteiger partial charge in [-0.05, 0) is 67.6 Å². The van der Waals surface area contributed by atoms with Gasteiger partial charge < -0.3 is 14.7 Å². The Morgan fingerprint density at radius 2 is 1.79 bits per heavy atom. The monoisotopic (exact) mass is 443 g/mol. The second-order valence-electron chi connectivity index (χ2n) is 9.00. The number of hydrogen-bond donors (Lipinski definition) is 1. The van der Waals surface area contributed by atoms with Gasteiger partial charge in [0.25, 0.3) is 11.8 Å². The van der Waals surface area contributed by atoms with Crippen LogP contribution in [0.2, 0.25) is 0 Å². The standard InChI is InChI=1S/C26H29N5O2/c1-29(2)20-12-10-19(11-13-20)25(32)30-15-6-5-9-24(30)21-17-22(28-27-21)26(33)31-16-14-18-7-3-4-8-23(18)31/h3-4,7-8,10-13,17,24H,5-6,9,14-16H2,1-2H3,(H,27,28). The number of fused-ring (bicyclic) bond motifs is 1. The van der Waals surface area contributed by atoms with Crippen molar-refractivity contribution in [3.05, 3.63) is 77.1 Å². The summed E-state index contributed by atoms with van der Waals surface area (Å²) in [6.45, 7) is 1.36. The molecule has 1 N–H and O–H groups in total. The Balaban J connectivity index is 1.36. The predicted molar refractivity (Wildman–Crippen MR) is 129 cm³/mol. The highest BCUT2D eigenvalue weighted by Crippen LogP contribution is 2.33. The van der Waals surface area contributed by atoms with E-state index in [0.29, 0.717) is 24.3 Å². The minimum absolute atomic E-state index is 0.0148. The Labute approximate surface area is 194 Å². The number of carbonyl (C=O) groups excluding carboxylic acids is 2. The average Bonchev–Trinajstić information content (AvgIpc) is 3.51. The van der Waals surface area contributed by atoms with Gasteiger partial charge in [0.05, 0.1) is 11.7 Å². The lowest BCUT2D eigenvalue weighted by Crippen LogP contribution is -2.38. The van der Waals surface area contributed by atoms with E-state index >= 15 is 0 Å². The van der Waals surface area contributed by atoms with E-state index in [-0.39, 0.29) is 17.9 Å². The molecule has 0 bridgehead atoms. The summed E-state index contributed by atoms with van der Waals surface area (Å²) in [4.78, 5) is 32.3. The lowest BCUT2D eigenvalue weighted by Gasteiger charge is -2.35. The molecule has 0 aliphatic carbocycles. The van der Waals surface area contributed by atoms with Crippen LogP contribution in [0.15, 0.2) is 54.6 Å². The van der Waals surface area contributed by atoms with E-state index in [1.165, 1.54) is 5.56 Å². The summed E-state index contributed by atoms with van der Waals surface area (Å²) in [6.07, 6.45) is 3.72. The predicted octanol–water partition coefficient (Wildman–Crippen LogP) is 4.05. The van der Waals surface area contributed by atoms with Crippen LogP contribution in [0.5, 0.6) is 0 Å². The fourth-order valence-electron chi connectivity index (χ4n) is 4.87. The van der Waals surface area contributed by atoms with Crippen LogP contribution in [0.4, 0.5) is 11.4 Å². The third-order valence-electron chi connectivity index (χ3n) is 6.70. The van der Waals surface area contributed by atoms with Crippen LogP contribution in [0, 0.1) is 0 Å². The minimum atomic E-state index is -0.111. The Morgan fingerprint density at radius 3 is 2.58 bits per heavy atom. The average molecular weight is 444 g/mol. The second-order valence-corrected chi connectivity index (χ2v) is 9.00. The van der Waals surface area contributed by atoms with Crippen molar-refractivity contribution in [3.8, 4) is 0 Å². The number of aromatic amines is 1. The first-order valence-corrected chi connectivity index (χ1v) is 11.6. The highest BCUT2D eigenvalue weighted by molar-refractivity contribution is 6.06. The van der Waals surface area contributed by atoms with Crippen LogP contribution in [0.1, 0.15) is 57.4 Å². The lowest BCUT2D eigenvalue weighted by atomic mass is 9.98. The van der Waals surface area contributed by atoms with E-state index in [2.05, 4.69) is 16.3 Å². The molecule has 1 unspecified atom stereocenters. The molecule has 5 rings (SSSR count). The largest absolute Gasteiger partial charge is 0.378 e. The van der Waals surface area contributed by atoms with Gasteiger partial charge in [0, 0.05) is 44.1 Å². The Bertz CT molecular complexity index is 1170. The smallest absolute Gasteiger partial charge is 0.278 e. The molecule has 7 nitrogen and oxygen atoms in total. The van der Waals surface area contributed by atoms with E-state index in [4.69, 9.17) is 0 Å². The molecule has 3 heterocycles. The van der Waals surface area contributed by atoms with Crippen LogP contribution >= 0.6 is 0 Å². The summed E-state index contributed by atoms with van der Waals surface area (Å²) >= 11 is 0. The molecular weight excluding hydrogens is 414 g/mol. The van der Waals surface area contributed by atoms with Gasteiger partial charge >= 0.3 is 0 Å². The summed E-state index contributed by atoms with van der Waals surface area (Å²) in [5.74, 6) is -0.0867. The quantitative estimate of drug-likeness (QED) is 0.660. The van der Waals surface area contributed by atoms with Crippen LogP contribution in [-0.4, -0.2) is 54.1 Å². The molecule has 3 aromatic rings. The first-order valence-electron chi connectivity index (χ1n) is 11.6. The highest BCUT2D eigenvalue weighted by atomic mass is 16.2. The van der Waals surface area contributed by atoms with Crippen molar-refractivity contribution >= 4 is 23.2 Å². The Kier molecular flexibility index (Phi) is 5.62. The Morgan fingerprint density at radius 1 is 1.00 bits per heavy atom. The zero-order chi connectivity index (χ0) is 22.9. The van der Waals surface area contributed by atoms with Crippen molar-refractivity contribution in [2.45, 2.75) is 31.7 Å². The maximum absolute atomic E-state index is 13.4. The van der Waals surface area contributed by atoms with Crippen molar-refractivity contribution in [1.82, 2.24) is 15.1 Å². The summed E-state index contributed by atoms with van der Waals surface area (Å²) < 4.78 is 0. The third kappa shape index (κ3) is 3.99. The first kappa shape index (κ1) is 21.2. The number of nitrogens with one attached hydrogen (secondary N) is 1. The Hall–Kier alpha value is -3.61. The van der Waals surface area contributed by atoms with E-state index < -0.39 is 0 Å². The molecule has 7 heteroatoms. The molecule has 2 amide bonds. The number of amides is 2. The molecule has 0 radical (unpaired) electrons. The summed E-state index contributed by atoms with van der Waals surface area (Å²) in [6, 6.07) is 17.4. The number of piperidine rings is 1. The normalized spacial score (nSPS) is 17.7. The molecule has 33 heavy (non-hydrogen) atoms. The minimum Gasteiger partial charge on any atom is -0.378 e. The highest BCUT2D eigenvalue weighted by Gasteiger charge is 2.32. The van der Waals surface area contributed by atoms with Gasteiger partial charge in [0.2, 0.25) is 0 Å². The van der Waals surface area contributed by atoms with E-state index in [9.17, 15) is 9.59 Å². The van der Waals surface area contributed by atoms with Gasteiger partial charge in [0.1, 0.15) is 0 Å². The lowest BCUT2D eigenvalue weighted by molar-refractivity contribution is 0.0606. The maximum Gasteiger partial charge on any atom is 0.278 e. The van der Waals surface area contributed by atoms with E-state index in [1.54, 1.807) is 4.90 Å². The molecule has 2 aliphatic rings. The van der Waals surface area contributed by atoms with Gasteiger partial charge in [-0.25, -0.2) is 0 Å². The SMILES string of the molecule is CN(C)c1ccc(C(=O)N2CCCCC2c2cc(C(=O)N3CCc4ccccc43)n[nH]2)cc1. The van der Waals surface area contributed by atoms with Crippen LogP contribution in [0.3, 0.4) is 0 Å². The number of anilines is 2. The van der Waals surface area contributed by atoms with Crippen LogP contribution in [-0.2, 0) is 6.42 Å². The number of benzene rings is 2. The molecular formula is C26H29N5O2. The van der Waals surface area contributed by atoms with Crippen LogP contribution in [0.25, 0.3) is 0 Å². The number of likely N-dealkylation sites (tertiary alicyclic amines) is 1. The van der Waals surface area contributed by atoms with Gasteiger partial charge in [-0.3, -0.25) is 14.7 Å². The summed E-state index contributed by atoms with van der Waals surface area (Å²) in [5, 5.41) is 7.41. The second kappa shape index (κ2) is 8.73. The van der Waals surface area contributed by atoms with Crippen molar-refractivity contribution < 1.29 is 9.59 Å². The molecule has 170 valence electrons. The number of rotatable bonds is 4. The number of H-pyrrole nitrogens is 1. The molecule has 1 atom stereocenters. The third-order valence-corrected chi connectivity index (χ3v) is 6.70. The van der Waals surface area contributed by atoms with Crippen molar-refractivity contribution in [1.29, 1.82) is 0 Å². The molecule has 2 aromatic carbocycles. The fourth-order valence-corrected chi connectivity index (χ4v) is 4.87. The molecule has 1 aromatic heterocycles. The molecule has 0 saturated carbocycles.